The molecule has 0 aromatic heterocycles. The average Bonchev–Trinajstić information content (AvgIpc) is 3.12. The van der Waals surface area contributed by atoms with Gasteiger partial charge in [0.1, 0.15) is 5.82 Å². The minimum atomic E-state index is -0.453. The molecule has 19 heavy (non-hydrogen) atoms. The predicted molar refractivity (Wildman–Crippen MR) is 76.2 cm³/mol. The number of aliphatic hydroxyl groups excluding tert-OH is 1. The molecule has 106 valence electrons. The second kappa shape index (κ2) is 5.96. The summed E-state index contributed by atoms with van der Waals surface area (Å²) in [4.78, 5) is 0. The number of hydrogen-bond donors (Lipinski definition) is 2. The standard InChI is InChI=1S/C14H18Cl2FNO/c1-9(18-8-14(2-3-14)4-5-19)10-6-13(17)12(16)7-11(10)15/h6-7,9,18-19H,2-5,8H2,1H3. The van der Waals surface area contributed by atoms with Crippen LogP contribution < -0.4 is 5.32 Å². The molecule has 1 aromatic carbocycles. The third kappa shape index (κ3) is 3.60. The van der Waals surface area contributed by atoms with Gasteiger partial charge in [0.05, 0.1) is 5.02 Å². The number of nitrogens with one attached hydrogen (secondary N) is 1. The highest BCUT2D eigenvalue weighted by molar-refractivity contribution is 6.35. The lowest BCUT2D eigenvalue weighted by molar-refractivity contribution is 0.243. The minimum absolute atomic E-state index is 0.0416. The summed E-state index contributed by atoms with van der Waals surface area (Å²) in [7, 11) is 0. The Bertz CT molecular complexity index is 463. The summed E-state index contributed by atoms with van der Waals surface area (Å²) in [5.41, 5.74) is 0.934. The summed E-state index contributed by atoms with van der Waals surface area (Å²) in [6.07, 6.45) is 3.08. The molecule has 1 aliphatic carbocycles. The first kappa shape index (κ1) is 15.0. The number of halogens is 3. The SMILES string of the molecule is CC(NCC1(CCO)CC1)c1cc(F)c(Cl)cc1Cl. The summed E-state index contributed by atoms with van der Waals surface area (Å²) in [5, 5.41) is 12.9. The number of hydrogen-bond acceptors (Lipinski definition) is 2. The summed E-state index contributed by atoms with van der Waals surface area (Å²) in [5.74, 6) is -0.453. The van der Waals surface area contributed by atoms with Crippen molar-refractivity contribution >= 4 is 23.2 Å². The van der Waals surface area contributed by atoms with Gasteiger partial charge < -0.3 is 10.4 Å². The lowest BCUT2D eigenvalue weighted by Gasteiger charge is -2.20. The molecule has 1 unspecified atom stereocenters. The Morgan fingerprint density at radius 1 is 1.37 bits per heavy atom. The third-order valence-corrected chi connectivity index (χ3v) is 4.51. The van der Waals surface area contributed by atoms with E-state index in [-0.39, 0.29) is 23.1 Å². The van der Waals surface area contributed by atoms with Crippen LogP contribution in [0.2, 0.25) is 10.0 Å². The first-order valence-electron chi connectivity index (χ1n) is 6.46. The molecule has 1 atom stereocenters. The molecule has 1 saturated carbocycles. The first-order valence-corrected chi connectivity index (χ1v) is 7.22. The van der Waals surface area contributed by atoms with Crippen molar-refractivity contribution < 1.29 is 9.50 Å². The van der Waals surface area contributed by atoms with Crippen molar-refractivity contribution in [3.05, 3.63) is 33.6 Å². The lowest BCUT2D eigenvalue weighted by atomic mass is 10.0. The molecule has 0 bridgehead atoms. The molecule has 2 nitrogen and oxygen atoms in total. The van der Waals surface area contributed by atoms with Gasteiger partial charge in [0.15, 0.2) is 0 Å². The number of aliphatic hydroxyl groups is 1. The van der Waals surface area contributed by atoms with E-state index in [1.165, 1.54) is 12.1 Å². The van der Waals surface area contributed by atoms with Crippen LogP contribution in [0.4, 0.5) is 4.39 Å². The summed E-state index contributed by atoms with van der Waals surface area (Å²) >= 11 is 11.8. The Morgan fingerprint density at radius 3 is 2.63 bits per heavy atom. The fourth-order valence-electron chi connectivity index (χ4n) is 2.28. The van der Waals surface area contributed by atoms with Crippen molar-refractivity contribution in [2.75, 3.05) is 13.2 Å². The number of rotatable bonds is 6. The maximum atomic E-state index is 13.5. The van der Waals surface area contributed by atoms with Gasteiger partial charge in [-0.2, -0.15) is 0 Å². The normalized spacial score (nSPS) is 18.4. The van der Waals surface area contributed by atoms with Gasteiger partial charge in [0, 0.05) is 24.2 Å². The fourth-order valence-corrected chi connectivity index (χ4v) is 2.83. The Kier molecular flexibility index (Phi) is 4.72. The summed E-state index contributed by atoms with van der Waals surface area (Å²) in [6, 6.07) is 2.77. The maximum Gasteiger partial charge on any atom is 0.142 e. The van der Waals surface area contributed by atoms with Gasteiger partial charge in [-0.3, -0.25) is 0 Å². The van der Waals surface area contributed by atoms with E-state index in [2.05, 4.69) is 5.32 Å². The van der Waals surface area contributed by atoms with Gasteiger partial charge in [0.2, 0.25) is 0 Å². The van der Waals surface area contributed by atoms with Crippen LogP contribution in [0.15, 0.2) is 12.1 Å². The number of benzene rings is 1. The highest BCUT2D eigenvalue weighted by Gasteiger charge is 2.41. The monoisotopic (exact) mass is 305 g/mol. The van der Waals surface area contributed by atoms with Gasteiger partial charge in [-0.05, 0) is 49.3 Å². The van der Waals surface area contributed by atoms with E-state index >= 15 is 0 Å². The quantitative estimate of drug-likeness (QED) is 0.780. The molecule has 0 heterocycles. The highest BCUT2D eigenvalue weighted by atomic mass is 35.5. The molecule has 0 radical (unpaired) electrons. The van der Waals surface area contributed by atoms with Crippen molar-refractivity contribution in [1.29, 1.82) is 0 Å². The Balaban J connectivity index is 2.00. The van der Waals surface area contributed by atoms with Gasteiger partial charge in [-0.1, -0.05) is 23.2 Å². The van der Waals surface area contributed by atoms with Crippen LogP contribution in [-0.4, -0.2) is 18.3 Å². The zero-order valence-electron chi connectivity index (χ0n) is 10.8. The zero-order chi connectivity index (χ0) is 14.0. The van der Waals surface area contributed by atoms with Crippen LogP contribution in [0.1, 0.15) is 37.8 Å². The largest absolute Gasteiger partial charge is 0.396 e. The Hall–Kier alpha value is -0.350. The van der Waals surface area contributed by atoms with Gasteiger partial charge in [0.25, 0.3) is 0 Å². The van der Waals surface area contributed by atoms with Crippen LogP contribution in [0.25, 0.3) is 0 Å². The van der Waals surface area contributed by atoms with Crippen molar-refractivity contribution in [1.82, 2.24) is 5.32 Å². The van der Waals surface area contributed by atoms with E-state index in [1.807, 2.05) is 6.92 Å². The van der Waals surface area contributed by atoms with E-state index in [9.17, 15) is 4.39 Å². The molecule has 2 rings (SSSR count). The molecule has 0 saturated heterocycles. The summed E-state index contributed by atoms with van der Waals surface area (Å²) < 4.78 is 13.5. The van der Waals surface area contributed by atoms with E-state index in [1.54, 1.807) is 0 Å². The van der Waals surface area contributed by atoms with Gasteiger partial charge in [-0.15, -0.1) is 0 Å². The van der Waals surface area contributed by atoms with Crippen molar-refractivity contribution in [3.63, 3.8) is 0 Å². The lowest BCUT2D eigenvalue weighted by Crippen LogP contribution is -2.27. The topological polar surface area (TPSA) is 32.3 Å². The molecule has 1 aliphatic rings. The van der Waals surface area contributed by atoms with Crippen LogP contribution in [0, 0.1) is 11.2 Å². The Morgan fingerprint density at radius 2 is 2.05 bits per heavy atom. The smallest absolute Gasteiger partial charge is 0.142 e. The van der Waals surface area contributed by atoms with Gasteiger partial charge >= 0.3 is 0 Å². The molecular weight excluding hydrogens is 288 g/mol. The maximum absolute atomic E-state index is 13.5. The van der Waals surface area contributed by atoms with E-state index in [0.29, 0.717) is 10.6 Å². The van der Waals surface area contributed by atoms with Crippen LogP contribution in [-0.2, 0) is 0 Å². The first-order chi connectivity index (χ1) is 8.97. The van der Waals surface area contributed by atoms with E-state index in [0.717, 1.165) is 25.8 Å². The third-order valence-electron chi connectivity index (χ3n) is 3.89. The van der Waals surface area contributed by atoms with Crippen molar-refractivity contribution in [2.24, 2.45) is 5.41 Å². The molecular formula is C14H18Cl2FNO. The molecule has 5 heteroatoms. The molecule has 0 spiro atoms. The van der Waals surface area contributed by atoms with Crippen molar-refractivity contribution in [3.8, 4) is 0 Å². The predicted octanol–water partition coefficient (Wildman–Crippen LogP) is 3.95. The molecule has 1 aromatic rings. The molecule has 2 N–H and O–H groups in total. The minimum Gasteiger partial charge on any atom is -0.396 e. The van der Waals surface area contributed by atoms with E-state index < -0.39 is 5.82 Å². The van der Waals surface area contributed by atoms with Gasteiger partial charge in [-0.25, -0.2) is 4.39 Å². The van der Waals surface area contributed by atoms with Crippen LogP contribution in [0.5, 0.6) is 0 Å². The fraction of sp³-hybridized carbons (Fsp3) is 0.571. The summed E-state index contributed by atoms with van der Waals surface area (Å²) in [6.45, 7) is 2.98. The Labute approximate surface area is 122 Å². The second-order valence-electron chi connectivity index (χ2n) is 5.36. The van der Waals surface area contributed by atoms with E-state index in [4.69, 9.17) is 28.3 Å². The van der Waals surface area contributed by atoms with Crippen LogP contribution >= 0.6 is 23.2 Å². The molecule has 0 amide bonds. The van der Waals surface area contributed by atoms with Crippen LogP contribution in [0.3, 0.4) is 0 Å². The molecule has 1 fully saturated rings. The second-order valence-corrected chi connectivity index (χ2v) is 6.18. The van der Waals surface area contributed by atoms with Crippen molar-refractivity contribution in [2.45, 2.75) is 32.2 Å². The zero-order valence-corrected chi connectivity index (χ0v) is 12.4. The molecule has 0 aliphatic heterocycles. The highest BCUT2D eigenvalue weighted by Crippen LogP contribution is 2.48. The average molecular weight is 306 g/mol.